The minimum Gasteiger partial charge on any atom is -0.353 e. The third kappa shape index (κ3) is 6.48. The molecule has 2 N–H and O–H groups in total. The van der Waals surface area contributed by atoms with Gasteiger partial charge in [-0.3, -0.25) is 14.3 Å². The molecule has 2 rings (SSSR count). The van der Waals surface area contributed by atoms with E-state index in [-0.39, 0.29) is 36.7 Å². The zero-order valence-electron chi connectivity index (χ0n) is 15.5. The number of nitrogens with one attached hydrogen (secondary N) is 2. The Kier molecular flexibility index (Phi) is 7.88. The van der Waals surface area contributed by atoms with Crippen molar-refractivity contribution in [3.05, 3.63) is 12.2 Å². The van der Waals surface area contributed by atoms with E-state index in [4.69, 9.17) is 0 Å². The second-order valence-corrected chi connectivity index (χ2v) is 6.88. The largest absolute Gasteiger partial charge is 0.353 e. The molecule has 1 aliphatic carbocycles. The van der Waals surface area contributed by atoms with Crippen molar-refractivity contribution in [1.29, 1.82) is 0 Å². The molecule has 1 saturated carbocycles. The molecule has 0 aromatic carbocycles. The summed E-state index contributed by atoms with van der Waals surface area (Å²) in [6.07, 6.45) is 11.0. The van der Waals surface area contributed by atoms with E-state index in [1.807, 2.05) is 6.92 Å². The molecule has 0 spiro atoms. The quantitative estimate of drug-likeness (QED) is 0.791. The summed E-state index contributed by atoms with van der Waals surface area (Å²) in [4.78, 5) is 28.5. The number of aromatic nitrogens is 3. The van der Waals surface area contributed by atoms with E-state index in [9.17, 15) is 9.59 Å². The number of aryl methyl sites for hydroxylation is 1. The molecule has 1 aromatic heterocycles. The molecule has 1 heterocycles. The molecule has 1 fully saturated rings. The van der Waals surface area contributed by atoms with Gasteiger partial charge in [-0.25, -0.2) is 4.98 Å². The first-order chi connectivity index (χ1) is 12.1. The summed E-state index contributed by atoms with van der Waals surface area (Å²) in [5, 5.41) is 10.1. The molecule has 1 atom stereocenters. The molecule has 1 aromatic rings. The molecule has 1 aliphatic rings. The van der Waals surface area contributed by atoms with Crippen molar-refractivity contribution in [1.82, 2.24) is 25.4 Å². The van der Waals surface area contributed by atoms with Gasteiger partial charge < -0.3 is 10.6 Å². The number of carbonyl (C=O) groups is 2. The van der Waals surface area contributed by atoms with Gasteiger partial charge in [0.15, 0.2) is 0 Å². The molecule has 0 saturated heterocycles. The van der Waals surface area contributed by atoms with Gasteiger partial charge in [-0.1, -0.05) is 39.0 Å². The zero-order valence-corrected chi connectivity index (χ0v) is 15.5. The topological polar surface area (TPSA) is 88.9 Å². The van der Waals surface area contributed by atoms with E-state index in [1.54, 1.807) is 11.7 Å². The van der Waals surface area contributed by atoms with Crippen molar-refractivity contribution in [2.24, 2.45) is 7.05 Å². The minimum atomic E-state index is -0.173. The molecule has 0 bridgehead atoms. The van der Waals surface area contributed by atoms with E-state index >= 15 is 0 Å². The lowest BCUT2D eigenvalue weighted by molar-refractivity contribution is -0.127. The van der Waals surface area contributed by atoms with Gasteiger partial charge in [0.25, 0.3) is 0 Å². The number of nitrogens with zero attached hydrogens (tertiary/aromatic N) is 3. The Morgan fingerprint density at radius 3 is 2.40 bits per heavy atom. The van der Waals surface area contributed by atoms with Crippen molar-refractivity contribution in [3.63, 3.8) is 0 Å². The van der Waals surface area contributed by atoms with Crippen molar-refractivity contribution >= 4 is 11.8 Å². The summed E-state index contributed by atoms with van der Waals surface area (Å²) in [6, 6.07) is 0.103. The molecule has 0 radical (unpaired) electrons. The zero-order chi connectivity index (χ0) is 18.1. The first kappa shape index (κ1) is 19.4. The molecule has 2 amide bonds. The fraction of sp³-hybridized carbons (Fsp3) is 0.778. The highest BCUT2D eigenvalue weighted by molar-refractivity contribution is 5.84. The summed E-state index contributed by atoms with van der Waals surface area (Å²) >= 11 is 0. The summed E-state index contributed by atoms with van der Waals surface area (Å²) in [6.45, 7) is 1.99. The molecule has 7 nitrogen and oxygen atoms in total. The lowest BCUT2D eigenvalue weighted by atomic mass is 9.96. The maximum Gasteiger partial charge on any atom is 0.221 e. The number of carbonyl (C=O) groups excluding carboxylic acids is 2. The molecule has 0 aliphatic heterocycles. The van der Waals surface area contributed by atoms with Crippen LogP contribution in [0.25, 0.3) is 0 Å². The Hall–Kier alpha value is -1.92. The van der Waals surface area contributed by atoms with E-state index in [0.29, 0.717) is 0 Å². The van der Waals surface area contributed by atoms with Crippen LogP contribution < -0.4 is 10.6 Å². The molecule has 25 heavy (non-hydrogen) atoms. The number of amides is 2. The monoisotopic (exact) mass is 349 g/mol. The van der Waals surface area contributed by atoms with Gasteiger partial charge in [-0.15, -0.1) is 0 Å². The fourth-order valence-electron chi connectivity index (χ4n) is 3.36. The molecular formula is C18H31N5O2. The van der Waals surface area contributed by atoms with Gasteiger partial charge in [0, 0.05) is 25.9 Å². The van der Waals surface area contributed by atoms with Crippen molar-refractivity contribution < 1.29 is 9.59 Å². The SMILES string of the molecule is CCC(NC(=O)CCC(=O)NC1CCCCCCC1)c1ncnn1C. The standard InChI is InChI=1S/C18H31N5O2/c1-3-15(18-19-13-20-23(18)2)22-17(25)12-11-16(24)21-14-9-7-5-4-6-8-10-14/h13-15H,3-12H2,1-2H3,(H,21,24)(H,22,25). The fourth-order valence-corrected chi connectivity index (χ4v) is 3.36. The highest BCUT2D eigenvalue weighted by atomic mass is 16.2. The van der Waals surface area contributed by atoms with Crippen LogP contribution in [0.2, 0.25) is 0 Å². The van der Waals surface area contributed by atoms with Crippen LogP contribution in [0.5, 0.6) is 0 Å². The average molecular weight is 349 g/mol. The summed E-state index contributed by atoms with van der Waals surface area (Å²) in [5.41, 5.74) is 0. The number of rotatable bonds is 7. The lowest BCUT2D eigenvalue weighted by Crippen LogP contribution is -2.36. The van der Waals surface area contributed by atoms with Crippen molar-refractivity contribution in [2.75, 3.05) is 0 Å². The molecule has 1 unspecified atom stereocenters. The molecular weight excluding hydrogens is 318 g/mol. The van der Waals surface area contributed by atoms with E-state index in [1.165, 1.54) is 38.4 Å². The van der Waals surface area contributed by atoms with Crippen LogP contribution >= 0.6 is 0 Å². The third-order valence-electron chi connectivity index (χ3n) is 4.85. The predicted molar refractivity (Wildman–Crippen MR) is 95.7 cm³/mol. The van der Waals surface area contributed by atoms with Crippen LogP contribution in [0.3, 0.4) is 0 Å². The van der Waals surface area contributed by atoms with Crippen molar-refractivity contribution in [3.8, 4) is 0 Å². The van der Waals surface area contributed by atoms with Gasteiger partial charge in [0.05, 0.1) is 6.04 Å². The predicted octanol–water partition coefficient (Wildman–Crippen LogP) is 2.39. The Bertz CT molecular complexity index is 549. The van der Waals surface area contributed by atoms with Crippen LogP contribution in [0.15, 0.2) is 6.33 Å². The maximum atomic E-state index is 12.2. The van der Waals surface area contributed by atoms with Crippen molar-refractivity contribution in [2.45, 2.75) is 83.2 Å². The van der Waals surface area contributed by atoms with E-state index in [0.717, 1.165) is 25.1 Å². The van der Waals surface area contributed by atoms with E-state index < -0.39 is 0 Å². The summed E-state index contributed by atoms with van der Waals surface area (Å²) in [5.74, 6) is 0.588. The summed E-state index contributed by atoms with van der Waals surface area (Å²) in [7, 11) is 1.81. The normalized spacial score (nSPS) is 17.4. The second kappa shape index (κ2) is 10.2. The van der Waals surface area contributed by atoms with Crippen LogP contribution in [0.1, 0.15) is 83.0 Å². The Morgan fingerprint density at radius 1 is 1.16 bits per heavy atom. The van der Waals surface area contributed by atoms with Gasteiger partial charge in [0.2, 0.25) is 11.8 Å². The summed E-state index contributed by atoms with van der Waals surface area (Å²) < 4.78 is 1.66. The highest BCUT2D eigenvalue weighted by Gasteiger charge is 2.19. The highest BCUT2D eigenvalue weighted by Crippen LogP contribution is 2.17. The van der Waals surface area contributed by atoms with Crippen LogP contribution in [0, 0.1) is 0 Å². The Balaban J connectivity index is 1.73. The third-order valence-corrected chi connectivity index (χ3v) is 4.85. The first-order valence-electron chi connectivity index (χ1n) is 9.52. The molecule has 7 heteroatoms. The average Bonchev–Trinajstić information content (AvgIpc) is 2.99. The van der Waals surface area contributed by atoms with E-state index in [2.05, 4.69) is 20.7 Å². The Morgan fingerprint density at radius 2 is 1.80 bits per heavy atom. The van der Waals surface area contributed by atoms with Crippen LogP contribution in [-0.4, -0.2) is 32.6 Å². The number of hydrogen-bond acceptors (Lipinski definition) is 4. The smallest absolute Gasteiger partial charge is 0.221 e. The van der Waals surface area contributed by atoms with Gasteiger partial charge >= 0.3 is 0 Å². The first-order valence-corrected chi connectivity index (χ1v) is 9.52. The minimum absolute atomic E-state index is 0.0209. The second-order valence-electron chi connectivity index (χ2n) is 6.88. The number of hydrogen-bond donors (Lipinski definition) is 2. The molecule has 140 valence electrons. The lowest BCUT2D eigenvalue weighted by Gasteiger charge is -2.21. The van der Waals surface area contributed by atoms with Gasteiger partial charge in [0.1, 0.15) is 12.2 Å². The van der Waals surface area contributed by atoms with Gasteiger partial charge in [-0.2, -0.15) is 5.10 Å². The Labute approximate surface area is 150 Å². The van der Waals surface area contributed by atoms with Crippen LogP contribution in [0.4, 0.5) is 0 Å². The van der Waals surface area contributed by atoms with Gasteiger partial charge in [-0.05, 0) is 19.3 Å². The maximum absolute atomic E-state index is 12.2. The van der Waals surface area contributed by atoms with Crippen LogP contribution in [-0.2, 0) is 16.6 Å².